The lowest BCUT2D eigenvalue weighted by atomic mass is 9.87. The first-order valence-corrected chi connectivity index (χ1v) is 11.3. The maximum atomic E-state index is 13.3. The molecule has 9 heteroatoms. The number of amides is 1. The lowest BCUT2D eigenvalue weighted by Crippen LogP contribution is -2.39. The maximum absolute atomic E-state index is 13.3. The van der Waals surface area contributed by atoms with Crippen LogP contribution in [-0.2, 0) is 4.79 Å². The predicted molar refractivity (Wildman–Crippen MR) is 125 cm³/mol. The van der Waals surface area contributed by atoms with Gasteiger partial charge in [-0.25, -0.2) is 0 Å². The molecule has 9 nitrogen and oxygen atoms in total. The number of allylic oxidation sites excluding steroid dienone is 2. The SMILES string of the molecule is CCCN(CCC)C(=O)C1=CC2=CC=C(C3=CC(CN=O)=CNC3)CC2NC(N=NN)C1. The summed E-state index contributed by atoms with van der Waals surface area (Å²) >= 11 is 0. The molecule has 3 rings (SSSR count). The molecule has 0 aromatic heterocycles. The molecule has 32 heavy (non-hydrogen) atoms. The standard InChI is InChI=1S/C23H33N7O2/c1-3-7-30(8-4-2)23(31)19-10-18-6-5-17(11-21(18)27-22(12-19)28-29-24)20-9-16(14-26-32)13-25-15-20/h5-6,9-10,13,21-22,25,27H,3-4,7-8,11-12,14-15H2,1-2H3,(H2,24,28). The molecular weight excluding hydrogens is 406 g/mol. The van der Waals surface area contributed by atoms with Crippen molar-refractivity contribution in [3.05, 3.63) is 63.3 Å². The lowest BCUT2D eigenvalue weighted by Gasteiger charge is -2.27. The zero-order valence-electron chi connectivity index (χ0n) is 18.9. The number of nitrogens with zero attached hydrogens (tertiary/aromatic N) is 4. The topological polar surface area (TPSA) is 125 Å². The van der Waals surface area contributed by atoms with Crippen molar-refractivity contribution >= 4 is 5.91 Å². The van der Waals surface area contributed by atoms with Crippen LogP contribution >= 0.6 is 0 Å². The van der Waals surface area contributed by atoms with Crippen molar-refractivity contribution in [2.45, 2.75) is 51.7 Å². The Bertz CT molecular complexity index is 892. The van der Waals surface area contributed by atoms with E-state index in [0.717, 1.165) is 54.6 Å². The van der Waals surface area contributed by atoms with E-state index in [9.17, 15) is 9.70 Å². The van der Waals surface area contributed by atoms with Gasteiger partial charge in [0.15, 0.2) is 0 Å². The Labute approximate surface area is 189 Å². The van der Waals surface area contributed by atoms with E-state index in [2.05, 4.69) is 52.1 Å². The van der Waals surface area contributed by atoms with E-state index in [-0.39, 0.29) is 24.7 Å². The molecule has 3 aliphatic rings. The van der Waals surface area contributed by atoms with Gasteiger partial charge in [-0.2, -0.15) is 10.0 Å². The highest BCUT2D eigenvalue weighted by atomic mass is 16.3. The molecule has 0 spiro atoms. The average Bonchev–Trinajstić information content (AvgIpc) is 2.97. The smallest absolute Gasteiger partial charge is 0.249 e. The quantitative estimate of drug-likeness (QED) is 0.220. The monoisotopic (exact) mass is 439 g/mol. The van der Waals surface area contributed by atoms with Crippen molar-refractivity contribution in [3.8, 4) is 0 Å². The Morgan fingerprint density at radius 2 is 1.94 bits per heavy atom. The van der Waals surface area contributed by atoms with Crippen LogP contribution in [0.3, 0.4) is 0 Å². The Morgan fingerprint density at radius 1 is 1.16 bits per heavy atom. The second-order valence-electron chi connectivity index (χ2n) is 8.25. The average molecular weight is 440 g/mol. The van der Waals surface area contributed by atoms with Gasteiger partial charge in [0.05, 0.1) is 0 Å². The molecule has 4 N–H and O–H groups in total. The number of nitroso groups, excluding NO2 is 1. The Kier molecular flexibility index (Phi) is 8.49. The highest BCUT2D eigenvalue weighted by Gasteiger charge is 2.30. The number of carbonyl (C=O) groups is 1. The van der Waals surface area contributed by atoms with Crippen molar-refractivity contribution in [3.63, 3.8) is 0 Å². The highest BCUT2D eigenvalue weighted by molar-refractivity contribution is 5.94. The summed E-state index contributed by atoms with van der Waals surface area (Å²) in [6, 6.07) is -0.0129. The number of nitrogens with two attached hydrogens (primary N) is 1. The van der Waals surface area contributed by atoms with Crippen molar-refractivity contribution in [1.82, 2.24) is 15.5 Å². The molecule has 0 aromatic rings. The molecule has 2 heterocycles. The van der Waals surface area contributed by atoms with Crippen LogP contribution in [0.2, 0.25) is 0 Å². The van der Waals surface area contributed by atoms with Gasteiger partial charge in [0.2, 0.25) is 5.91 Å². The van der Waals surface area contributed by atoms with Crippen LogP contribution in [0.4, 0.5) is 0 Å². The molecule has 2 unspecified atom stereocenters. The molecule has 2 aliphatic heterocycles. The van der Waals surface area contributed by atoms with Crippen molar-refractivity contribution in [2.75, 3.05) is 26.2 Å². The summed E-state index contributed by atoms with van der Waals surface area (Å²) in [5.74, 6) is 5.42. The number of hydrogen-bond donors (Lipinski definition) is 3. The summed E-state index contributed by atoms with van der Waals surface area (Å²) < 4.78 is 0. The van der Waals surface area contributed by atoms with Gasteiger partial charge in [-0.3, -0.25) is 10.1 Å². The molecule has 0 fully saturated rings. The third kappa shape index (κ3) is 5.79. The molecule has 0 radical (unpaired) electrons. The zero-order valence-corrected chi connectivity index (χ0v) is 18.9. The number of nitrogens with one attached hydrogen (secondary N) is 2. The first-order valence-electron chi connectivity index (χ1n) is 11.3. The van der Waals surface area contributed by atoms with Gasteiger partial charge in [0, 0.05) is 43.9 Å². The number of fused-ring (bicyclic) bond motifs is 1. The molecule has 1 amide bonds. The molecule has 0 aromatic carbocycles. The molecule has 1 aliphatic carbocycles. The van der Waals surface area contributed by atoms with E-state index < -0.39 is 0 Å². The van der Waals surface area contributed by atoms with E-state index >= 15 is 0 Å². The Balaban J connectivity index is 1.90. The third-order valence-electron chi connectivity index (χ3n) is 5.81. The molecule has 172 valence electrons. The molecular formula is C23H33N7O2. The van der Waals surface area contributed by atoms with Crippen LogP contribution in [0, 0.1) is 4.91 Å². The normalized spacial score (nSPS) is 23.0. The molecule has 0 bridgehead atoms. The number of carbonyl (C=O) groups excluding carboxylic acids is 1. The van der Waals surface area contributed by atoms with E-state index in [4.69, 9.17) is 5.84 Å². The van der Waals surface area contributed by atoms with Crippen LogP contribution in [0.25, 0.3) is 0 Å². The Hall–Kier alpha value is -3.07. The minimum absolute atomic E-state index is 0.0129. The van der Waals surface area contributed by atoms with Gasteiger partial charge < -0.3 is 16.1 Å². The number of dihydropyridines is 1. The van der Waals surface area contributed by atoms with E-state index in [0.29, 0.717) is 13.0 Å². The van der Waals surface area contributed by atoms with Crippen LogP contribution in [-0.4, -0.2) is 49.2 Å². The second kappa shape index (κ2) is 11.5. The molecule has 2 atom stereocenters. The third-order valence-corrected chi connectivity index (χ3v) is 5.81. The summed E-state index contributed by atoms with van der Waals surface area (Å²) in [5, 5.41) is 17.4. The number of rotatable bonds is 9. The van der Waals surface area contributed by atoms with Gasteiger partial charge in [0.1, 0.15) is 12.7 Å². The van der Waals surface area contributed by atoms with Gasteiger partial charge in [-0.1, -0.05) is 42.5 Å². The first-order chi connectivity index (χ1) is 15.6. The second-order valence-corrected chi connectivity index (χ2v) is 8.25. The molecule has 0 saturated heterocycles. The van der Waals surface area contributed by atoms with Crippen LogP contribution < -0.4 is 16.5 Å². The highest BCUT2D eigenvalue weighted by Crippen LogP contribution is 2.31. The van der Waals surface area contributed by atoms with Crippen LogP contribution in [0.1, 0.15) is 39.5 Å². The summed E-state index contributed by atoms with van der Waals surface area (Å²) in [6.07, 6.45) is 12.7. The fraction of sp³-hybridized carbons (Fsp3) is 0.522. The van der Waals surface area contributed by atoms with E-state index in [1.165, 1.54) is 5.57 Å². The predicted octanol–water partition coefficient (Wildman–Crippen LogP) is 3.01. The summed E-state index contributed by atoms with van der Waals surface area (Å²) in [6.45, 7) is 6.47. The van der Waals surface area contributed by atoms with Crippen molar-refractivity contribution in [1.29, 1.82) is 0 Å². The lowest BCUT2D eigenvalue weighted by molar-refractivity contribution is -0.127. The van der Waals surface area contributed by atoms with Gasteiger partial charge in [-0.15, -0.1) is 0 Å². The fourth-order valence-corrected chi connectivity index (χ4v) is 4.36. The Morgan fingerprint density at radius 3 is 2.62 bits per heavy atom. The number of hydrogen-bond acceptors (Lipinski definition) is 7. The van der Waals surface area contributed by atoms with E-state index in [1.54, 1.807) is 0 Å². The minimum atomic E-state index is -0.372. The molecule has 0 saturated carbocycles. The maximum Gasteiger partial charge on any atom is 0.249 e. The minimum Gasteiger partial charge on any atom is -0.387 e. The van der Waals surface area contributed by atoms with E-state index in [1.807, 2.05) is 23.3 Å². The van der Waals surface area contributed by atoms with Crippen LogP contribution in [0.15, 0.2) is 73.9 Å². The zero-order chi connectivity index (χ0) is 22.9. The fourth-order valence-electron chi connectivity index (χ4n) is 4.36. The largest absolute Gasteiger partial charge is 0.387 e. The van der Waals surface area contributed by atoms with Gasteiger partial charge in [-0.05, 0) is 47.6 Å². The van der Waals surface area contributed by atoms with Gasteiger partial charge >= 0.3 is 0 Å². The van der Waals surface area contributed by atoms with Crippen molar-refractivity contribution in [2.24, 2.45) is 21.4 Å². The summed E-state index contributed by atoms with van der Waals surface area (Å²) in [4.78, 5) is 25.9. The van der Waals surface area contributed by atoms with Gasteiger partial charge in [0.25, 0.3) is 0 Å². The summed E-state index contributed by atoms with van der Waals surface area (Å²) in [7, 11) is 0. The van der Waals surface area contributed by atoms with Crippen molar-refractivity contribution < 1.29 is 4.79 Å². The summed E-state index contributed by atoms with van der Waals surface area (Å²) in [5.41, 5.74) is 4.93. The van der Waals surface area contributed by atoms with Crippen LogP contribution in [0.5, 0.6) is 0 Å². The first kappa shape index (κ1) is 23.6.